The average molecular weight is 289 g/mol. The number of rotatable bonds is 3. The lowest BCUT2D eigenvalue weighted by atomic mass is 9.70. The van der Waals surface area contributed by atoms with Crippen LogP contribution in [0.4, 0.5) is 0 Å². The molecule has 0 saturated carbocycles. The third-order valence-corrected chi connectivity index (χ3v) is 3.89. The van der Waals surface area contributed by atoms with E-state index >= 15 is 0 Å². The second-order valence-corrected chi connectivity index (χ2v) is 7.78. The molecule has 0 saturated heterocycles. The van der Waals surface area contributed by atoms with Gasteiger partial charge < -0.3 is 4.90 Å². The predicted octanol–water partition coefficient (Wildman–Crippen LogP) is 4.74. The van der Waals surface area contributed by atoms with E-state index in [1.807, 2.05) is 12.2 Å². The van der Waals surface area contributed by atoms with E-state index in [1.54, 1.807) is 0 Å². The minimum Gasteiger partial charge on any atom is -0.377 e. The number of ketones is 1. The Bertz CT molecular complexity index is 453. The van der Waals surface area contributed by atoms with Gasteiger partial charge in [-0.25, -0.2) is 0 Å². The van der Waals surface area contributed by atoms with E-state index in [-0.39, 0.29) is 16.6 Å². The minimum atomic E-state index is -0.0423. The molecule has 1 rings (SSSR count). The van der Waals surface area contributed by atoms with Gasteiger partial charge in [0.15, 0.2) is 5.78 Å². The van der Waals surface area contributed by atoms with Crippen molar-refractivity contribution in [2.75, 3.05) is 13.1 Å². The zero-order valence-corrected chi connectivity index (χ0v) is 15.0. The normalized spacial score (nSPS) is 16.6. The van der Waals surface area contributed by atoms with Crippen molar-refractivity contribution in [1.29, 1.82) is 0 Å². The summed E-state index contributed by atoms with van der Waals surface area (Å²) in [6.45, 7) is 19.3. The molecule has 1 aliphatic rings. The van der Waals surface area contributed by atoms with Crippen molar-refractivity contribution in [3.63, 3.8) is 0 Å². The molecule has 0 fully saturated rings. The van der Waals surface area contributed by atoms with Crippen LogP contribution >= 0.6 is 0 Å². The first-order valence-electron chi connectivity index (χ1n) is 7.95. The van der Waals surface area contributed by atoms with Gasteiger partial charge in [-0.15, -0.1) is 0 Å². The summed E-state index contributed by atoms with van der Waals surface area (Å²) in [6.07, 6.45) is 5.86. The standard InChI is InChI=1S/C19H31NO/c1-9-20(10-2)13-15-16(18(3,4)5)11-14(21)12-17(15)19(6,7)8/h11-13H,9-10H2,1-8H3. The van der Waals surface area contributed by atoms with Gasteiger partial charge in [0.2, 0.25) is 0 Å². The topological polar surface area (TPSA) is 20.3 Å². The van der Waals surface area contributed by atoms with Crippen LogP contribution in [0.5, 0.6) is 0 Å². The van der Waals surface area contributed by atoms with Crippen LogP contribution in [0, 0.1) is 10.8 Å². The molecule has 0 atom stereocenters. The second-order valence-electron chi connectivity index (χ2n) is 7.78. The molecule has 0 N–H and O–H groups in total. The zero-order chi connectivity index (χ0) is 16.4. The monoisotopic (exact) mass is 289 g/mol. The van der Waals surface area contributed by atoms with Crippen LogP contribution in [0.1, 0.15) is 55.4 Å². The summed E-state index contributed by atoms with van der Waals surface area (Å²) in [7, 11) is 0. The van der Waals surface area contributed by atoms with Crippen molar-refractivity contribution in [2.45, 2.75) is 55.4 Å². The quantitative estimate of drug-likeness (QED) is 0.748. The molecule has 0 aromatic carbocycles. The van der Waals surface area contributed by atoms with Gasteiger partial charge in [0.05, 0.1) is 0 Å². The maximum absolute atomic E-state index is 12.2. The lowest BCUT2D eigenvalue weighted by Gasteiger charge is -2.35. The Morgan fingerprint density at radius 2 is 1.29 bits per heavy atom. The highest BCUT2D eigenvalue weighted by molar-refractivity contribution is 6.03. The molecular weight excluding hydrogens is 258 g/mol. The zero-order valence-electron chi connectivity index (χ0n) is 15.0. The van der Waals surface area contributed by atoms with Crippen LogP contribution in [-0.4, -0.2) is 23.8 Å². The molecule has 0 aliphatic heterocycles. The minimum absolute atomic E-state index is 0.0423. The molecule has 2 heteroatoms. The highest BCUT2D eigenvalue weighted by atomic mass is 16.1. The maximum Gasteiger partial charge on any atom is 0.179 e. The van der Waals surface area contributed by atoms with Gasteiger partial charge in [-0.05, 0) is 53.5 Å². The summed E-state index contributed by atoms with van der Waals surface area (Å²) in [4.78, 5) is 14.4. The molecule has 1 aliphatic carbocycles. The molecule has 2 nitrogen and oxygen atoms in total. The molecule has 0 radical (unpaired) electrons. The van der Waals surface area contributed by atoms with Gasteiger partial charge in [0.1, 0.15) is 0 Å². The SMILES string of the molecule is CCN(C=C1C(C(C)(C)C)=CC(=O)C=C1C(C)(C)C)CC. The second kappa shape index (κ2) is 6.21. The highest BCUT2D eigenvalue weighted by Gasteiger charge is 2.32. The summed E-state index contributed by atoms with van der Waals surface area (Å²) in [5, 5.41) is 0. The van der Waals surface area contributed by atoms with Gasteiger partial charge in [0.25, 0.3) is 0 Å². The van der Waals surface area contributed by atoms with Gasteiger partial charge in [-0.2, -0.15) is 0 Å². The molecule has 0 aromatic heterocycles. The third-order valence-electron chi connectivity index (χ3n) is 3.89. The highest BCUT2D eigenvalue weighted by Crippen LogP contribution is 2.43. The van der Waals surface area contributed by atoms with E-state index in [2.05, 4.69) is 66.5 Å². The first-order valence-corrected chi connectivity index (χ1v) is 7.95. The molecule has 0 amide bonds. The Balaban J connectivity index is 3.48. The van der Waals surface area contributed by atoms with Crippen LogP contribution in [0.25, 0.3) is 0 Å². The number of nitrogens with zero attached hydrogens (tertiary/aromatic N) is 1. The van der Waals surface area contributed by atoms with Crippen molar-refractivity contribution >= 4 is 5.78 Å². The fraction of sp³-hybridized carbons (Fsp3) is 0.632. The number of carbonyl (C=O) groups excluding carboxylic acids is 1. The Labute approximate surface area is 130 Å². The van der Waals surface area contributed by atoms with Gasteiger partial charge in [0, 0.05) is 19.3 Å². The molecular formula is C19H31NO. The smallest absolute Gasteiger partial charge is 0.179 e. The van der Waals surface area contributed by atoms with Gasteiger partial charge >= 0.3 is 0 Å². The van der Waals surface area contributed by atoms with E-state index in [1.165, 1.54) is 5.57 Å². The van der Waals surface area contributed by atoms with Crippen LogP contribution in [0.2, 0.25) is 0 Å². The largest absolute Gasteiger partial charge is 0.377 e. The Kier molecular flexibility index (Phi) is 5.25. The molecule has 0 heterocycles. The molecule has 21 heavy (non-hydrogen) atoms. The van der Waals surface area contributed by atoms with Gasteiger partial charge in [-0.1, -0.05) is 41.5 Å². The summed E-state index contributed by atoms with van der Waals surface area (Å²) in [5.74, 6) is 0.113. The van der Waals surface area contributed by atoms with Crippen LogP contribution < -0.4 is 0 Å². The fourth-order valence-electron chi connectivity index (χ4n) is 2.60. The lowest BCUT2D eigenvalue weighted by molar-refractivity contribution is -0.110. The summed E-state index contributed by atoms with van der Waals surface area (Å²) in [5.41, 5.74) is 3.43. The molecule has 0 aromatic rings. The average Bonchev–Trinajstić information content (AvgIpc) is 2.34. The van der Waals surface area contributed by atoms with Crippen molar-refractivity contribution in [2.24, 2.45) is 10.8 Å². The summed E-state index contributed by atoms with van der Waals surface area (Å²) >= 11 is 0. The first-order chi connectivity index (χ1) is 9.50. The Morgan fingerprint density at radius 1 is 0.905 bits per heavy atom. The fourth-order valence-corrected chi connectivity index (χ4v) is 2.60. The van der Waals surface area contributed by atoms with Gasteiger partial charge in [-0.3, -0.25) is 4.79 Å². The maximum atomic E-state index is 12.2. The van der Waals surface area contributed by atoms with E-state index in [9.17, 15) is 4.79 Å². The van der Waals surface area contributed by atoms with E-state index < -0.39 is 0 Å². The lowest BCUT2D eigenvalue weighted by Crippen LogP contribution is -2.26. The number of carbonyl (C=O) groups is 1. The summed E-state index contributed by atoms with van der Waals surface area (Å²) in [6, 6.07) is 0. The van der Waals surface area contributed by atoms with Crippen LogP contribution in [-0.2, 0) is 4.79 Å². The number of allylic oxidation sites excluding steroid dienone is 5. The Hall–Kier alpha value is -1.31. The van der Waals surface area contributed by atoms with Crippen molar-refractivity contribution in [3.05, 3.63) is 35.1 Å². The summed E-state index contributed by atoms with van der Waals surface area (Å²) < 4.78 is 0. The van der Waals surface area contributed by atoms with E-state index in [4.69, 9.17) is 0 Å². The van der Waals surface area contributed by atoms with Crippen LogP contribution in [0.3, 0.4) is 0 Å². The third kappa shape index (κ3) is 4.33. The molecule has 118 valence electrons. The molecule has 0 spiro atoms. The van der Waals surface area contributed by atoms with Crippen molar-refractivity contribution in [3.8, 4) is 0 Å². The van der Waals surface area contributed by atoms with Crippen LogP contribution in [0.15, 0.2) is 35.1 Å². The van der Waals surface area contributed by atoms with E-state index in [0.29, 0.717) is 0 Å². The van der Waals surface area contributed by atoms with E-state index in [0.717, 1.165) is 24.2 Å². The molecule has 0 unspecified atom stereocenters. The van der Waals surface area contributed by atoms with Crippen molar-refractivity contribution in [1.82, 2.24) is 4.90 Å². The number of hydrogen-bond acceptors (Lipinski definition) is 2. The first kappa shape index (κ1) is 17.7. The predicted molar refractivity (Wildman–Crippen MR) is 91.1 cm³/mol. The number of hydrogen-bond donors (Lipinski definition) is 0. The Morgan fingerprint density at radius 3 is 1.57 bits per heavy atom. The molecule has 0 bridgehead atoms. The van der Waals surface area contributed by atoms with Crippen molar-refractivity contribution < 1.29 is 4.79 Å².